The lowest BCUT2D eigenvalue weighted by molar-refractivity contribution is -0.385. The number of nitro benzene ring substituents is 1. The Morgan fingerprint density at radius 2 is 2.09 bits per heavy atom. The lowest BCUT2D eigenvalue weighted by atomic mass is 9.96. The first kappa shape index (κ1) is 17.7. The number of nitrogens with one attached hydrogen (secondary N) is 1. The van der Waals surface area contributed by atoms with Crippen molar-refractivity contribution in [2.45, 2.75) is 32.7 Å². The number of carbonyl (C=O) groups excluding carboxylic acids is 1. The van der Waals surface area contributed by atoms with Gasteiger partial charge in [0.2, 0.25) is 0 Å². The van der Waals surface area contributed by atoms with Gasteiger partial charge >= 0.3 is 0 Å². The zero-order valence-electron chi connectivity index (χ0n) is 13.4. The van der Waals surface area contributed by atoms with Crippen LogP contribution in [0.1, 0.15) is 37.0 Å². The predicted molar refractivity (Wildman–Crippen MR) is 89.9 cm³/mol. The van der Waals surface area contributed by atoms with Crippen LogP contribution in [0.2, 0.25) is 5.02 Å². The van der Waals surface area contributed by atoms with E-state index in [1.54, 1.807) is 0 Å². The standard InChI is InChI=1S/C16H22ClN3O3/c1-11(2)19-7-5-12(6-8-19)10-18-16(21)14-9-13(17)3-4-15(14)20(22)23/h3-4,9,11-12H,5-8,10H2,1-2H3,(H,18,21). The van der Waals surface area contributed by atoms with E-state index in [-0.39, 0.29) is 11.3 Å². The third-order valence-corrected chi connectivity index (χ3v) is 4.57. The molecule has 1 aliphatic rings. The number of piperidine rings is 1. The molecule has 1 aromatic carbocycles. The van der Waals surface area contributed by atoms with Crippen molar-refractivity contribution in [3.05, 3.63) is 38.9 Å². The number of rotatable bonds is 5. The van der Waals surface area contributed by atoms with Crippen LogP contribution in [-0.4, -0.2) is 41.4 Å². The number of halogens is 1. The molecule has 23 heavy (non-hydrogen) atoms. The fourth-order valence-electron chi connectivity index (χ4n) is 2.86. The molecule has 0 aromatic heterocycles. The third-order valence-electron chi connectivity index (χ3n) is 4.33. The van der Waals surface area contributed by atoms with E-state index in [1.807, 2.05) is 0 Å². The first-order valence-electron chi connectivity index (χ1n) is 7.84. The minimum Gasteiger partial charge on any atom is -0.352 e. The van der Waals surface area contributed by atoms with E-state index in [1.165, 1.54) is 18.2 Å². The molecule has 1 saturated heterocycles. The first-order chi connectivity index (χ1) is 10.9. The lowest BCUT2D eigenvalue weighted by Crippen LogP contribution is -2.41. The molecule has 7 heteroatoms. The number of hydrogen-bond acceptors (Lipinski definition) is 4. The van der Waals surface area contributed by atoms with Gasteiger partial charge in [0.15, 0.2) is 0 Å². The average molecular weight is 340 g/mol. The van der Waals surface area contributed by atoms with Crippen LogP contribution in [0.4, 0.5) is 5.69 Å². The van der Waals surface area contributed by atoms with Crippen molar-refractivity contribution in [1.29, 1.82) is 0 Å². The van der Waals surface area contributed by atoms with Crippen molar-refractivity contribution in [1.82, 2.24) is 10.2 Å². The zero-order chi connectivity index (χ0) is 17.0. The Bertz CT molecular complexity index is 584. The Labute approximate surface area is 141 Å². The number of likely N-dealkylation sites (tertiary alicyclic amines) is 1. The molecule has 0 saturated carbocycles. The van der Waals surface area contributed by atoms with Gasteiger partial charge in [-0.2, -0.15) is 0 Å². The molecule has 0 radical (unpaired) electrons. The summed E-state index contributed by atoms with van der Waals surface area (Å²) in [5.41, 5.74) is -0.205. The number of carbonyl (C=O) groups is 1. The van der Waals surface area contributed by atoms with Crippen molar-refractivity contribution in [2.24, 2.45) is 5.92 Å². The Kier molecular flexibility index (Phi) is 5.96. The maximum absolute atomic E-state index is 12.3. The second kappa shape index (κ2) is 7.75. The van der Waals surface area contributed by atoms with Gasteiger partial charge in [-0.15, -0.1) is 0 Å². The SMILES string of the molecule is CC(C)N1CCC(CNC(=O)c2cc(Cl)ccc2[N+](=O)[O-])CC1. The summed E-state index contributed by atoms with van der Waals surface area (Å²) in [7, 11) is 0. The highest BCUT2D eigenvalue weighted by Gasteiger charge is 2.24. The van der Waals surface area contributed by atoms with Crippen molar-refractivity contribution < 1.29 is 9.72 Å². The molecule has 126 valence electrons. The van der Waals surface area contributed by atoms with Crippen molar-refractivity contribution in [3.8, 4) is 0 Å². The van der Waals surface area contributed by atoms with Crippen molar-refractivity contribution >= 4 is 23.2 Å². The Morgan fingerprint density at radius 1 is 1.43 bits per heavy atom. The summed E-state index contributed by atoms with van der Waals surface area (Å²) in [6, 6.07) is 4.56. The number of nitro groups is 1. The van der Waals surface area contributed by atoms with Gasteiger partial charge in [0.25, 0.3) is 11.6 Å². The zero-order valence-corrected chi connectivity index (χ0v) is 14.2. The highest BCUT2D eigenvalue weighted by atomic mass is 35.5. The fourth-order valence-corrected chi connectivity index (χ4v) is 3.03. The number of amides is 1. The van der Waals surface area contributed by atoms with E-state index in [2.05, 4.69) is 24.1 Å². The summed E-state index contributed by atoms with van der Waals surface area (Å²) in [5.74, 6) is -0.0299. The molecule has 1 N–H and O–H groups in total. The van der Waals surface area contributed by atoms with Gasteiger partial charge in [-0.25, -0.2) is 0 Å². The molecule has 0 atom stereocenters. The minimum atomic E-state index is -0.563. The van der Waals surface area contributed by atoms with Crippen LogP contribution in [0.5, 0.6) is 0 Å². The Morgan fingerprint density at radius 3 is 2.65 bits per heavy atom. The summed E-state index contributed by atoms with van der Waals surface area (Å²) in [4.78, 5) is 25.1. The normalized spacial score (nSPS) is 16.5. The minimum absolute atomic E-state index is 0.0158. The molecule has 0 spiro atoms. The molecule has 1 aromatic rings. The summed E-state index contributed by atoms with van der Waals surface area (Å²) in [5, 5.41) is 14.1. The Balaban J connectivity index is 1.93. The highest BCUT2D eigenvalue weighted by Crippen LogP contribution is 2.23. The summed E-state index contributed by atoms with van der Waals surface area (Å²) < 4.78 is 0. The molecule has 1 fully saturated rings. The number of nitrogens with zero attached hydrogens (tertiary/aromatic N) is 2. The second-order valence-electron chi connectivity index (χ2n) is 6.20. The highest BCUT2D eigenvalue weighted by molar-refractivity contribution is 6.31. The maximum Gasteiger partial charge on any atom is 0.282 e. The molecule has 2 rings (SSSR count). The van der Waals surface area contributed by atoms with Gasteiger partial charge in [0, 0.05) is 23.7 Å². The summed E-state index contributed by atoms with van der Waals surface area (Å²) in [6.07, 6.45) is 2.05. The van der Waals surface area contributed by atoms with Gasteiger partial charge in [-0.1, -0.05) is 11.6 Å². The van der Waals surface area contributed by atoms with Gasteiger partial charge < -0.3 is 10.2 Å². The topological polar surface area (TPSA) is 75.5 Å². The van der Waals surface area contributed by atoms with Gasteiger partial charge in [-0.05, 0) is 57.8 Å². The van der Waals surface area contributed by atoms with E-state index in [0.29, 0.717) is 23.5 Å². The van der Waals surface area contributed by atoms with Crippen LogP contribution in [0.15, 0.2) is 18.2 Å². The predicted octanol–water partition coefficient (Wildman–Crippen LogP) is 3.10. The third kappa shape index (κ3) is 4.65. The average Bonchev–Trinajstić information content (AvgIpc) is 2.52. The van der Waals surface area contributed by atoms with Gasteiger partial charge in [0.05, 0.1) is 4.92 Å². The molecule has 0 aliphatic carbocycles. The largest absolute Gasteiger partial charge is 0.352 e. The van der Waals surface area contributed by atoms with E-state index in [4.69, 9.17) is 11.6 Å². The van der Waals surface area contributed by atoms with Gasteiger partial charge in [0.1, 0.15) is 5.56 Å². The summed E-state index contributed by atoms with van der Waals surface area (Å²) >= 11 is 5.85. The second-order valence-corrected chi connectivity index (χ2v) is 6.64. The van der Waals surface area contributed by atoms with Crippen molar-refractivity contribution in [2.75, 3.05) is 19.6 Å². The molecular weight excluding hydrogens is 318 g/mol. The smallest absolute Gasteiger partial charge is 0.282 e. The van der Waals surface area contributed by atoms with E-state index < -0.39 is 10.8 Å². The van der Waals surface area contributed by atoms with Crippen LogP contribution < -0.4 is 5.32 Å². The molecule has 0 unspecified atom stereocenters. The number of hydrogen-bond donors (Lipinski definition) is 1. The monoisotopic (exact) mass is 339 g/mol. The summed E-state index contributed by atoms with van der Waals surface area (Å²) in [6.45, 7) is 6.94. The van der Waals surface area contributed by atoms with E-state index in [9.17, 15) is 14.9 Å². The number of benzene rings is 1. The van der Waals surface area contributed by atoms with Crippen LogP contribution in [0, 0.1) is 16.0 Å². The van der Waals surface area contributed by atoms with Crippen LogP contribution in [0.3, 0.4) is 0 Å². The Hall–Kier alpha value is -1.66. The van der Waals surface area contributed by atoms with Crippen molar-refractivity contribution in [3.63, 3.8) is 0 Å². The van der Waals surface area contributed by atoms with E-state index >= 15 is 0 Å². The van der Waals surface area contributed by atoms with E-state index in [0.717, 1.165) is 25.9 Å². The molecular formula is C16H22ClN3O3. The molecule has 1 aliphatic heterocycles. The fraction of sp³-hybridized carbons (Fsp3) is 0.562. The van der Waals surface area contributed by atoms with Crippen LogP contribution in [0.25, 0.3) is 0 Å². The van der Waals surface area contributed by atoms with Crippen LogP contribution in [-0.2, 0) is 0 Å². The molecule has 6 nitrogen and oxygen atoms in total. The molecule has 0 bridgehead atoms. The lowest BCUT2D eigenvalue weighted by Gasteiger charge is -2.34. The molecule has 1 amide bonds. The molecule has 1 heterocycles. The first-order valence-corrected chi connectivity index (χ1v) is 8.22. The van der Waals surface area contributed by atoms with Crippen LogP contribution >= 0.6 is 11.6 Å². The quantitative estimate of drug-likeness (QED) is 0.660. The maximum atomic E-state index is 12.3. The van der Waals surface area contributed by atoms with Gasteiger partial charge in [-0.3, -0.25) is 14.9 Å².